The fourth-order valence-electron chi connectivity index (χ4n) is 8.98. The van der Waals surface area contributed by atoms with E-state index in [4.69, 9.17) is 18.9 Å². The fraction of sp³-hybridized carbons (Fsp3) is 0.362. The first-order valence-electron chi connectivity index (χ1n) is 18.9. The number of ether oxygens (including phenoxy) is 4. The number of methoxy groups -OCH3 is 2. The first-order valence-corrected chi connectivity index (χ1v) is 20.5. The zero-order chi connectivity index (χ0) is 40.4. The Kier molecular flexibility index (Phi) is 10.1. The van der Waals surface area contributed by atoms with Crippen molar-refractivity contribution in [3.63, 3.8) is 0 Å². The highest BCUT2D eigenvalue weighted by Gasteiger charge is 2.65. The molecule has 1 N–H and O–H groups in total. The standard InChI is InChI=1S/C47H50O7S2/c1-27-11-17-33(37(19-27)51-9)35-21-29-13-15-31(23-39(29)55-41(35)48)53-45(5,6)26-46(7)43(50)44(3,4)25-47(46,8)54-32-16-14-30-22-36(42(49)56-40(30)24-32)34-18-12-28(2)20-38(34)52-10/h11-24,43,50H,25-26H2,1-10H3. The van der Waals surface area contributed by atoms with E-state index < -0.39 is 28.1 Å². The van der Waals surface area contributed by atoms with Gasteiger partial charge in [-0.05, 0) is 135 Å². The highest BCUT2D eigenvalue weighted by Crippen LogP contribution is 2.60. The van der Waals surface area contributed by atoms with Crippen LogP contribution in [0, 0.1) is 24.7 Å². The lowest BCUT2D eigenvalue weighted by Crippen LogP contribution is -2.53. The number of fused-ring (bicyclic) bond motifs is 2. The molecule has 1 aliphatic rings. The topological polar surface area (TPSA) is 91.3 Å². The van der Waals surface area contributed by atoms with E-state index in [1.807, 2.05) is 113 Å². The first kappa shape index (κ1) is 39.5. The Morgan fingerprint density at radius 1 is 0.679 bits per heavy atom. The highest BCUT2D eigenvalue weighted by molar-refractivity contribution is 7.16. The molecule has 0 radical (unpaired) electrons. The van der Waals surface area contributed by atoms with Crippen molar-refractivity contribution >= 4 is 42.8 Å². The van der Waals surface area contributed by atoms with Crippen molar-refractivity contribution in [1.29, 1.82) is 0 Å². The van der Waals surface area contributed by atoms with Crippen molar-refractivity contribution in [2.24, 2.45) is 10.8 Å². The van der Waals surface area contributed by atoms with E-state index in [0.29, 0.717) is 47.0 Å². The van der Waals surface area contributed by atoms with Gasteiger partial charge in [0.15, 0.2) is 0 Å². The molecule has 2 heterocycles. The molecule has 4 aromatic carbocycles. The Hall–Kier alpha value is -4.70. The van der Waals surface area contributed by atoms with Crippen LogP contribution in [-0.4, -0.2) is 36.6 Å². The smallest absolute Gasteiger partial charge is 0.240 e. The average Bonchev–Trinajstić information content (AvgIpc) is 3.25. The molecular formula is C47H50O7S2. The van der Waals surface area contributed by atoms with Crippen molar-refractivity contribution in [1.82, 2.24) is 0 Å². The highest BCUT2D eigenvalue weighted by atomic mass is 32.1. The summed E-state index contributed by atoms with van der Waals surface area (Å²) >= 11 is 2.38. The molecule has 292 valence electrons. The lowest BCUT2D eigenvalue weighted by atomic mass is 9.68. The fourth-order valence-corrected chi connectivity index (χ4v) is 10.8. The van der Waals surface area contributed by atoms with Gasteiger partial charge in [0.05, 0.1) is 20.3 Å². The van der Waals surface area contributed by atoms with E-state index in [2.05, 4.69) is 27.7 Å². The quantitative estimate of drug-likeness (QED) is 0.148. The van der Waals surface area contributed by atoms with E-state index in [-0.39, 0.29) is 9.48 Å². The van der Waals surface area contributed by atoms with Crippen molar-refractivity contribution in [3.8, 4) is 45.3 Å². The minimum atomic E-state index is -0.791. The Balaban J connectivity index is 1.16. The van der Waals surface area contributed by atoms with Crippen molar-refractivity contribution < 1.29 is 24.1 Å². The third-order valence-electron chi connectivity index (χ3n) is 11.6. The Bertz CT molecular complexity index is 2600. The van der Waals surface area contributed by atoms with Gasteiger partial charge in [-0.25, -0.2) is 0 Å². The summed E-state index contributed by atoms with van der Waals surface area (Å²) in [6.07, 6.45) is 0.376. The molecule has 3 unspecified atom stereocenters. The van der Waals surface area contributed by atoms with Gasteiger partial charge < -0.3 is 24.1 Å². The SMILES string of the molecule is COc1cc(C)ccc1-c1cc2ccc(OC(C)(C)CC3(C)C(O)C(C)(C)CC3(C)Oc3ccc4cc(-c5ccc(C)cc5OC)c(=O)sc4c3)cc2sc1=O. The molecule has 7 nitrogen and oxygen atoms in total. The van der Waals surface area contributed by atoms with Crippen LogP contribution < -0.4 is 28.4 Å². The van der Waals surface area contributed by atoms with Crippen LogP contribution in [0.15, 0.2) is 94.5 Å². The zero-order valence-electron chi connectivity index (χ0n) is 33.8. The van der Waals surface area contributed by atoms with Crippen LogP contribution in [0.25, 0.3) is 42.4 Å². The summed E-state index contributed by atoms with van der Waals surface area (Å²) < 4.78 is 26.4. The van der Waals surface area contributed by atoms with Crippen molar-refractivity contribution in [2.75, 3.05) is 14.2 Å². The van der Waals surface area contributed by atoms with E-state index >= 15 is 0 Å². The van der Waals surface area contributed by atoms with E-state index in [1.165, 1.54) is 22.7 Å². The second kappa shape index (κ2) is 14.4. The van der Waals surface area contributed by atoms with E-state index in [9.17, 15) is 14.7 Å². The maximum atomic E-state index is 13.5. The summed E-state index contributed by atoms with van der Waals surface area (Å²) in [5.41, 5.74) is 2.15. The van der Waals surface area contributed by atoms with Gasteiger partial charge in [-0.1, -0.05) is 67.7 Å². The van der Waals surface area contributed by atoms with Gasteiger partial charge in [-0.3, -0.25) is 9.59 Å². The number of hydrogen-bond acceptors (Lipinski definition) is 9. The maximum absolute atomic E-state index is 13.5. The number of aliphatic hydroxyl groups is 1. The van der Waals surface area contributed by atoms with E-state index in [1.54, 1.807) is 14.2 Å². The second-order valence-electron chi connectivity index (χ2n) is 17.1. The lowest BCUT2D eigenvalue weighted by Gasteiger charge is -2.46. The summed E-state index contributed by atoms with van der Waals surface area (Å²) in [7, 11) is 3.24. The van der Waals surface area contributed by atoms with Gasteiger partial charge in [0, 0.05) is 37.1 Å². The number of hydrogen-bond donors (Lipinski definition) is 1. The lowest BCUT2D eigenvalue weighted by molar-refractivity contribution is -0.105. The number of aryl methyl sites for hydroxylation is 2. The van der Waals surface area contributed by atoms with Crippen LogP contribution >= 0.6 is 22.7 Å². The third-order valence-corrected chi connectivity index (χ3v) is 13.5. The summed E-state index contributed by atoms with van der Waals surface area (Å²) in [6.45, 7) is 16.4. The van der Waals surface area contributed by atoms with Crippen LogP contribution in [0.1, 0.15) is 65.5 Å². The molecule has 0 spiro atoms. The molecule has 56 heavy (non-hydrogen) atoms. The first-order chi connectivity index (χ1) is 26.3. The van der Waals surface area contributed by atoms with Crippen LogP contribution in [0.3, 0.4) is 0 Å². The second-order valence-corrected chi connectivity index (χ2v) is 19.1. The van der Waals surface area contributed by atoms with Crippen LogP contribution in [0.4, 0.5) is 0 Å². The molecular weight excluding hydrogens is 741 g/mol. The molecule has 1 saturated carbocycles. The Morgan fingerprint density at radius 3 is 1.66 bits per heavy atom. The third kappa shape index (κ3) is 7.21. The zero-order valence-corrected chi connectivity index (χ0v) is 35.4. The largest absolute Gasteiger partial charge is 0.496 e. The summed E-state index contributed by atoms with van der Waals surface area (Å²) in [4.78, 5) is 26.9. The number of benzene rings is 4. The van der Waals surface area contributed by atoms with Gasteiger partial charge >= 0.3 is 0 Å². The molecule has 0 amide bonds. The maximum Gasteiger partial charge on any atom is 0.240 e. The van der Waals surface area contributed by atoms with Gasteiger partial charge in [0.1, 0.15) is 34.2 Å². The normalized spacial score (nSPS) is 20.7. The predicted molar refractivity (Wildman–Crippen MR) is 231 cm³/mol. The molecule has 3 atom stereocenters. The molecule has 6 aromatic rings. The molecule has 2 aromatic heterocycles. The van der Waals surface area contributed by atoms with Gasteiger partial charge in [-0.15, -0.1) is 0 Å². The van der Waals surface area contributed by atoms with Crippen LogP contribution in [-0.2, 0) is 0 Å². The van der Waals surface area contributed by atoms with Gasteiger partial charge in [0.2, 0.25) is 9.48 Å². The molecule has 0 saturated heterocycles. The van der Waals surface area contributed by atoms with Gasteiger partial charge in [0.25, 0.3) is 0 Å². The Labute approximate surface area is 336 Å². The molecule has 9 heteroatoms. The van der Waals surface area contributed by atoms with Crippen LogP contribution in [0.2, 0.25) is 0 Å². The summed E-state index contributed by atoms with van der Waals surface area (Å²) in [6, 6.07) is 27.3. The van der Waals surface area contributed by atoms with Crippen molar-refractivity contribution in [3.05, 3.63) is 115 Å². The monoisotopic (exact) mass is 790 g/mol. The molecule has 1 fully saturated rings. The van der Waals surface area contributed by atoms with Crippen molar-refractivity contribution in [2.45, 2.75) is 85.5 Å². The molecule has 7 rings (SSSR count). The van der Waals surface area contributed by atoms with Crippen LogP contribution in [0.5, 0.6) is 23.0 Å². The number of aliphatic hydroxyl groups excluding tert-OH is 1. The van der Waals surface area contributed by atoms with E-state index in [0.717, 1.165) is 42.4 Å². The predicted octanol–water partition coefficient (Wildman–Crippen LogP) is 11.0. The van der Waals surface area contributed by atoms with Gasteiger partial charge in [-0.2, -0.15) is 0 Å². The molecule has 0 bridgehead atoms. The Morgan fingerprint density at radius 2 is 1.16 bits per heavy atom. The minimum Gasteiger partial charge on any atom is -0.496 e. The average molecular weight is 791 g/mol. The minimum absolute atomic E-state index is 0.0549. The molecule has 0 aliphatic heterocycles. The number of rotatable bonds is 10. The molecule has 1 aliphatic carbocycles. The summed E-state index contributed by atoms with van der Waals surface area (Å²) in [5.74, 6) is 2.62. The summed E-state index contributed by atoms with van der Waals surface area (Å²) in [5, 5.41) is 13.9.